The van der Waals surface area contributed by atoms with Crippen molar-refractivity contribution in [3.63, 3.8) is 0 Å². The number of rotatable bonds is 17. The lowest BCUT2D eigenvalue weighted by Crippen LogP contribution is -2.30. The molecule has 0 spiro atoms. The number of piperidine rings is 1. The Hall–Kier alpha value is -2.08. The molecule has 0 atom stereocenters. The van der Waals surface area contributed by atoms with Crippen LogP contribution >= 0.6 is 0 Å². The lowest BCUT2D eigenvalue weighted by atomic mass is 9.82. The number of benzene rings is 1. The zero-order chi connectivity index (χ0) is 30.5. The number of halogens is 3. The molecule has 236 valence electrons. The van der Waals surface area contributed by atoms with Crippen molar-refractivity contribution in [3.05, 3.63) is 46.2 Å². The molecule has 3 rings (SSSR count). The van der Waals surface area contributed by atoms with Crippen molar-refractivity contribution in [1.29, 1.82) is 0 Å². The van der Waals surface area contributed by atoms with E-state index in [1.165, 1.54) is 90.8 Å². The lowest BCUT2D eigenvalue weighted by Gasteiger charge is -2.36. The fourth-order valence-electron chi connectivity index (χ4n) is 6.90. The molecule has 2 aliphatic heterocycles. The van der Waals surface area contributed by atoms with Crippen LogP contribution < -0.4 is 0 Å². The third kappa shape index (κ3) is 9.99. The Morgan fingerprint density at radius 3 is 2.07 bits per heavy atom. The fourth-order valence-corrected chi connectivity index (χ4v) is 6.90. The maximum absolute atomic E-state index is 14.4. The van der Waals surface area contributed by atoms with Crippen LogP contribution in [0, 0.1) is 0 Å². The van der Waals surface area contributed by atoms with Gasteiger partial charge in [0, 0.05) is 18.8 Å². The topological polar surface area (TPSA) is 23.6 Å². The summed E-state index contributed by atoms with van der Waals surface area (Å²) in [5.41, 5.74) is 3.81. The molecule has 0 N–H and O–H groups in total. The largest absolute Gasteiger partial charge is 0.417 e. The summed E-state index contributed by atoms with van der Waals surface area (Å²) in [5.74, 6) is -0.575. The molecular formula is C36H55F3N2O. The Labute approximate surface area is 253 Å². The first-order valence-electron chi connectivity index (χ1n) is 16.8. The van der Waals surface area contributed by atoms with Gasteiger partial charge in [-0.1, -0.05) is 77.3 Å². The van der Waals surface area contributed by atoms with Gasteiger partial charge in [0.25, 0.3) is 0 Å². The van der Waals surface area contributed by atoms with Gasteiger partial charge in [-0.2, -0.15) is 13.2 Å². The summed E-state index contributed by atoms with van der Waals surface area (Å²) in [6.45, 7) is 12.7. The monoisotopic (exact) mass is 588 g/mol. The molecule has 0 amide bonds. The van der Waals surface area contributed by atoms with Gasteiger partial charge in [-0.15, -0.1) is 0 Å². The number of hydrogen-bond donors (Lipinski definition) is 0. The summed E-state index contributed by atoms with van der Waals surface area (Å²) in [6, 6.07) is 3.90. The number of carbonyl (C=O) groups excluding carboxylic acids is 1. The van der Waals surface area contributed by atoms with E-state index in [1.807, 2.05) is 26.0 Å². The van der Waals surface area contributed by atoms with E-state index in [1.54, 1.807) is 0 Å². The van der Waals surface area contributed by atoms with E-state index in [4.69, 9.17) is 0 Å². The molecule has 0 saturated carbocycles. The van der Waals surface area contributed by atoms with E-state index < -0.39 is 17.5 Å². The summed E-state index contributed by atoms with van der Waals surface area (Å²) >= 11 is 0. The number of hydrogen-bond acceptors (Lipinski definition) is 3. The molecule has 6 heteroatoms. The number of nitrogens with zero attached hydrogens (tertiary/aromatic N) is 2. The summed E-state index contributed by atoms with van der Waals surface area (Å²) in [5, 5.41) is 0. The average molecular weight is 589 g/mol. The molecule has 0 unspecified atom stereocenters. The molecule has 1 aromatic rings. The highest BCUT2D eigenvalue weighted by Crippen LogP contribution is 2.44. The molecular weight excluding hydrogens is 533 g/mol. The molecule has 0 radical (unpaired) electrons. The van der Waals surface area contributed by atoms with Crippen LogP contribution in [0.1, 0.15) is 140 Å². The predicted octanol–water partition coefficient (Wildman–Crippen LogP) is 10.1. The number of likely N-dealkylation sites (tertiary alicyclic amines) is 1. The number of ketones is 1. The van der Waals surface area contributed by atoms with Crippen LogP contribution in [0.4, 0.5) is 13.2 Å². The van der Waals surface area contributed by atoms with Crippen molar-refractivity contribution in [1.82, 2.24) is 9.80 Å². The summed E-state index contributed by atoms with van der Waals surface area (Å²) < 4.78 is 43.2. The van der Waals surface area contributed by atoms with Crippen LogP contribution in [0.25, 0.3) is 11.1 Å². The second-order valence-electron chi connectivity index (χ2n) is 12.5. The molecule has 2 heterocycles. The highest BCUT2D eigenvalue weighted by atomic mass is 19.4. The van der Waals surface area contributed by atoms with Crippen molar-refractivity contribution < 1.29 is 18.0 Å². The molecule has 1 saturated heterocycles. The van der Waals surface area contributed by atoms with Crippen LogP contribution in [-0.4, -0.2) is 47.9 Å². The molecule has 0 aliphatic carbocycles. The van der Waals surface area contributed by atoms with Gasteiger partial charge < -0.3 is 9.80 Å². The van der Waals surface area contributed by atoms with E-state index in [0.29, 0.717) is 24.1 Å². The standard InChI is InChI=1S/C36H55F3N2O/c1-5-7-19-30-20-21-31-27-41(25-18-13-11-9-8-10-12-15-22-40-23-16-14-17-24-40)33(6-2)29(4)34(31)35(30)32(26-28(3)42)36(37,38)39/h20-21,26H,5-19,22-25,27H2,1-4H3/b32-26+. The first-order valence-corrected chi connectivity index (χ1v) is 16.8. The van der Waals surface area contributed by atoms with E-state index in [-0.39, 0.29) is 5.56 Å². The van der Waals surface area contributed by atoms with Gasteiger partial charge in [0.2, 0.25) is 0 Å². The Morgan fingerprint density at radius 2 is 1.50 bits per heavy atom. The van der Waals surface area contributed by atoms with Gasteiger partial charge in [0.15, 0.2) is 5.78 Å². The zero-order valence-electron chi connectivity index (χ0n) is 26.8. The Kier molecular flexibility index (Phi) is 14.2. The highest BCUT2D eigenvalue weighted by molar-refractivity contribution is 5.98. The van der Waals surface area contributed by atoms with Crippen LogP contribution in [0.2, 0.25) is 0 Å². The number of carbonyl (C=O) groups is 1. The zero-order valence-corrected chi connectivity index (χ0v) is 26.8. The van der Waals surface area contributed by atoms with Crippen LogP contribution in [0.15, 0.2) is 23.9 Å². The number of unbranched alkanes of at least 4 members (excludes halogenated alkanes) is 8. The van der Waals surface area contributed by atoms with Gasteiger partial charge >= 0.3 is 6.18 Å². The number of alkyl halides is 3. The van der Waals surface area contributed by atoms with Gasteiger partial charge in [0.05, 0.1) is 5.57 Å². The van der Waals surface area contributed by atoms with Crippen molar-refractivity contribution in [3.8, 4) is 0 Å². The molecule has 2 aliphatic rings. The average Bonchev–Trinajstić information content (AvgIpc) is 2.95. The van der Waals surface area contributed by atoms with Gasteiger partial charge in [-0.25, -0.2) is 0 Å². The molecule has 0 bridgehead atoms. The third-order valence-electron chi connectivity index (χ3n) is 9.09. The van der Waals surface area contributed by atoms with Crippen LogP contribution in [0.3, 0.4) is 0 Å². The summed E-state index contributed by atoms with van der Waals surface area (Å²) in [4.78, 5) is 17.0. The number of aryl methyl sites for hydroxylation is 1. The van der Waals surface area contributed by atoms with Gasteiger partial charge in [0.1, 0.15) is 0 Å². The molecule has 1 fully saturated rings. The number of allylic oxidation sites excluding steroid dienone is 4. The predicted molar refractivity (Wildman–Crippen MR) is 170 cm³/mol. The van der Waals surface area contributed by atoms with Crippen molar-refractivity contribution in [2.75, 3.05) is 26.2 Å². The first-order chi connectivity index (χ1) is 20.2. The Balaban J connectivity index is 1.61. The molecule has 3 nitrogen and oxygen atoms in total. The minimum absolute atomic E-state index is 0.225. The number of fused-ring (bicyclic) bond motifs is 1. The summed E-state index contributed by atoms with van der Waals surface area (Å²) in [6.07, 6.45) is 13.5. The van der Waals surface area contributed by atoms with E-state index in [2.05, 4.69) is 16.7 Å². The molecule has 0 aromatic heterocycles. The molecule has 42 heavy (non-hydrogen) atoms. The maximum atomic E-state index is 14.4. The fraction of sp³-hybridized carbons (Fsp3) is 0.694. The van der Waals surface area contributed by atoms with E-state index >= 15 is 0 Å². The van der Waals surface area contributed by atoms with E-state index in [9.17, 15) is 18.0 Å². The van der Waals surface area contributed by atoms with Crippen LogP contribution in [0.5, 0.6) is 0 Å². The van der Waals surface area contributed by atoms with Crippen molar-refractivity contribution >= 4 is 16.9 Å². The van der Waals surface area contributed by atoms with E-state index in [0.717, 1.165) is 55.1 Å². The smallest absolute Gasteiger partial charge is 0.370 e. The normalized spacial score (nSPS) is 16.7. The minimum atomic E-state index is -4.60. The van der Waals surface area contributed by atoms with Crippen molar-refractivity contribution in [2.24, 2.45) is 0 Å². The van der Waals surface area contributed by atoms with Crippen LogP contribution in [-0.2, 0) is 17.8 Å². The minimum Gasteiger partial charge on any atom is -0.370 e. The van der Waals surface area contributed by atoms with Crippen molar-refractivity contribution in [2.45, 2.75) is 137 Å². The lowest BCUT2D eigenvalue weighted by molar-refractivity contribution is -0.113. The molecule has 1 aromatic carbocycles. The van der Waals surface area contributed by atoms with Gasteiger partial charge in [-0.3, -0.25) is 4.79 Å². The maximum Gasteiger partial charge on any atom is 0.417 e. The third-order valence-corrected chi connectivity index (χ3v) is 9.09. The van der Waals surface area contributed by atoms with Gasteiger partial charge in [-0.05, 0) is 112 Å². The first kappa shape index (κ1) is 34.4. The highest BCUT2D eigenvalue weighted by Gasteiger charge is 2.39. The Bertz CT molecular complexity index is 1070. The SMILES string of the molecule is CCCCc1ccc2c(c1/C(=C\C(C)=O)C(F)(F)F)C(C)=C(CC)N(CCCCCCCCCCN1CCCCC1)C2. The quantitative estimate of drug-likeness (QED) is 0.134. The Morgan fingerprint density at radius 1 is 0.881 bits per heavy atom. The second kappa shape index (κ2) is 17.3. The summed E-state index contributed by atoms with van der Waals surface area (Å²) in [7, 11) is 0. The second-order valence-corrected chi connectivity index (χ2v) is 12.5.